The highest BCUT2D eigenvalue weighted by Gasteiger charge is 2.19. The topological polar surface area (TPSA) is 34.9 Å². The van der Waals surface area contributed by atoms with E-state index in [1.807, 2.05) is 66.7 Å². The van der Waals surface area contributed by atoms with Gasteiger partial charge in [-0.2, -0.15) is 0 Å². The zero-order chi connectivity index (χ0) is 16.5. The third-order valence-corrected chi connectivity index (χ3v) is 4.85. The van der Waals surface area contributed by atoms with Gasteiger partial charge in [0, 0.05) is 5.56 Å². The number of thioether (sulfide) groups is 1. The minimum atomic E-state index is -0.0311. The molecule has 0 atom stereocenters. The van der Waals surface area contributed by atoms with E-state index in [0.717, 1.165) is 32.7 Å². The average molecular weight is 332 g/mol. The summed E-state index contributed by atoms with van der Waals surface area (Å²) in [7, 11) is 0. The summed E-state index contributed by atoms with van der Waals surface area (Å²) in [6, 6.07) is 21.6. The number of para-hydroxylation sites is 2. The summed E-state index contributed by atoms with van der Waals surface area (Å²) in [5.41, 5.74) is 2.41. The van der Waals surface area contributed by atoms with E-state index in [1.165, 1.54) is 0 Å². The summed E-state index contributed by atoms with van der Waals surface area (Å²) in [4.78, 5) is 18.0. The lowest BCUT2D eigenvalue weighted by atomic mass is 10.0. The van der Waals surface area contributed by atoms with E-state index >= 15 is 0 Å². The van der Waals surface area contributed by atoms with Crippen molar-refractivity contribution in [3.8, 4) is 0 Å². The molecule has 4 rings (SSSR count). The number of aromatic nitrogens is 2. The summed E-state index contributed by atoms with van der Waals surface area (Å²) >= 11 is 1.59. The van der Waals surface area contributed by atoms with Crippen molar-refractivity contribution in [2.24, 2.45) is 0 Å². The van der Waals surface area contributed by atoms with Crippen LogP contribution < -0.4 is 0 Å². The van der Waals surface area contributed by atoms with E-state index in [2.05, 4.69) is 11.9 Å². The van der Waals surface area contributed by atoms with Crippen molar-refractivity contribution in [1.29, 1.82) is 0 Å². The number of hydrogen-bond donors (Lipinski definition) is 0. The molecule has 1 aromatic heterocycles. The van der Waals surface area contributed by atoms with Gasteiger partial charge in [0.25, 0.3) is 5.91 Å². The molecular formula is C20H16N2OS. The third kappa shape index (κ3) is 2.39. The van der Waals surface area contributed by atoms with Crippen LogP contribution in [0, 0.1) is 0 Å². The van der Waals surface area contributed by atoms with Gasteiger partial charge in [0.15, 0.2) is 5.16 Å². The van der Waals surface area contributed by atoms with Gasteiger partial charge in [-0.25, -0.2) is 4.98 Å². The monoisotopic (exact) mass is 332 g/mol. The fourth-order valence-electron chi connectivity index (χ4n) is 2.96. The predicted octanol–water partition coefficient (Wildman–Crippen LogP) is 4.99. The van der Waals surface area contributed by atoms with Crippen molar-refractivity contribution in [2.75, 3.05) is 5.75 Å². The largest absolute Gasteiger partial charge is 0.268 e. The number of carbonyl (C=O) groups excluding carboxylic acids is 1. The summed E-state index contributed by atoms with van der Waals surface area (Å²) in [5, 5.41) is 2.78. The lowest BCUT2D eigenvalue weighted by Crippen LogP contribution is -2.13. The average Bonchev–Trinajstić information content (AvgIpc) is 2.99. The lowest BCUT2D eigenvalue weighted by Gasteiger charge is -2.09. The fourth-order valence-corrected chi connectivity index (χ4v) is 3.69. The Balaban J connectivity index is 1.96. The maximum absolute atomic E-state index is 13.3. The number of imidazole rings is 1. The van der Waals surface area contributed by atoms with E-state index in [9.17, 15) is 4.79 Å². The number of fused-ring (bicyclic) bond motifs is 2. The molecule has 24 heavy (non-hydrogen) atoms. The molecule has 0 bridgehead atoms. The van der Waals surface area contributed by atoms with Gasteiger partial charge in [0.1, 0.15) is 0 Å². The van der Waals surface area contributed by atoms with Gasteiger partial charge in [0.05, 0.1) is 11.0 Å². The van der Waals surface area contributed by atoms with Crippen LogP contribution in [-0.4, -0.2) is 21.2 Å². The summed E-state index contributed by atoms with van der Waals surface area (Å²) < 4.78 is 1.74. The molecule has 0 saturated carbocycles. The molecule has 0 spiro atoms. The summed E-state index contributed by atoms with van der Waals surface area (Å²) in [6.07, 6.45) is 0. The normalized spacial score (nSPS) is 11.2. The van der Waals surface area contributed by atoms with E-state index in [4.69, 9.17) is 0 Å². The molecule has 0 saturated heterocycles. The molecule has 4 aromatic rings. The zero-order valence-corrected chi connectivity index (χ0v) is 14.1. The number of benzene rings is 3. The summed E-state index contributed by atoms with van der Waals surface area (Å²) in [5.74, 6) is 0.836. The lowest BCUT2D eigenvalue weighted by molar-refractivity contribution is 0.0956. The van der Waals surface area contributed by atoms with Crippen LogP contribution in [0.5, 0.6) is 0 Å². The van der Waals surface area contributed by atoms with Crippen molar-refractivity contribution < 1.29 is 4.79 Å². The number of carbonyl (C=O) groups is 1. The Morgan fingerprint density at radius 2 is 1.75 bits per heavy atom. The fraction of sp³-hybridized carbons (Fsp3) is 0.100. The quantitative estimate of drug-likeness (QED) is 0.496. The first-order valence-corrected chi connectivity index (χ1v) is 8.91. The highest BCUT2D eigenvalue weighted by molar-refractivity contribution is 7.99. The second-order valence-electron chi connectivity index (χ2n) is 5.48. The molecule has 3 nitrogen and oxygen atoms in total. The molecular weight excluding hydrogens is 316 g/mol. The van der Waals surface area contributed by atoms with E-state index < -0.39 is 0 Å². The molecule has 0 aliphatic carbocycles. The minimum Gasteiger partial charge on any atom is -0.268 e. The number of rotatable bonds is 3. The molecule has 4 heteroatoms. The molecule has 0 aliphatic heterocycles. The molecule has 118 valence electrons. The Kier molecular flexibility index (Phi) is 3.82. The first kappa shape index (κ1) is 15.0. The Morgan fingerprint density at radius 3 is 2.62 bits per heavy atom. The van der Waals surface area contributed by atoms with Crippen LogP contribution in [0.25, 0.3) is 21.8 Å². The Morgan fingerprint density at radius 1 is 1.00 bits per heavy atom. The van der Waals surface area contributed by atoms with Gasteiger partial charge in [-0.1, -0.05) is 67.2 Å². The first-order valence-electron chi connectivity index (χ1n) is 7.92. The number of hydrogen-bond acceptors (Lipinski definition) is 3. The molecule has 0 unspecified atom stereocenters. The van der Waals surface area contributed by atoms with E-state index in [1.54, 1.807) is 16.3 Å². The van der Waals surface area contributed by atoms with Crippen molar-refractivity contribution in [1.82, 2.24) is 9.55 Å². The Labute approximate surface area is 144 Å². The second kappa shape index (κ2) is 6.13. The van der Waals surface area contributed by atoms with Crippen LogP contribution in [0.3, 0.4) is 0 Å². The van der Waals surface area contributed by atoms with E-state index in [-0.39, 0.29) is 5.91 Å². The Hall–Kier alpha value is -2.59. The van der Waals surface area contributed by atoms with Crippen LogP contribution >= 0.6 is 11.8 Å². The molecule has 1 heterocycles. The molecule has 0 radical (unpaired) electrons. The van der Waals surface area contributed by atoms with E-state index in [0.29, 0.717) is 5.56 Å². The molecule has 3 aromatic carbocycles. The van der Waals surface area contributed by atoms with Crippen molar-refractivity contribution in [3.05, 3.63) is 72.3 Å². The van der Waals surface area contributed by atoms with Gasteiger partial charge < -0.3 is 0 Å². The summed E-state index contributed by atoms with van der Waals surface area (Å²) in [6.45, 7) is 2.07. The zero-order valence-electron chi connectivity index (χ0n) is 13.3. The highest BCUT2D eigenvalue weighted by Crippen LogP contribution is 2.27. The molecule has 0 fully saturated rings. The number of nitrogens with zero attached hydrogens (tertiary/aromatic N) is 2. The van der Waals surface area contributed by atoms with Gasteiger partial charge >= 0.3 is 0 Å². The van der Waals surface area contributed by atoms with Gasteiger partial charge in [-0.05, 0) is 34.7 Å². The second-order valence-corrected chi connectivity index (χ2v) is 6.71. The van der Waals surface area contributed by atoms with Crippen LogP contribution in [0.15, 0.2) is 71.9 Å². The maximum atomic E-state index is 13.3. The van der Waals surface area contributed by atoms with Crippen LogP contribution in [0.1, 0.15) is 17.3 Å². The van der Waals surface area contributed by atoms with Crippen LogP contribution in [0.2, 0.25) is 0 Å². The predicted molar refractivity (Wildman–Crippen MR) is 99.8 cm³/mol. The van der Waals surface area contributed by atoms with Crippen LogP contribution in [-0.2, 0) is 0 Å². The van der Waals surface area contributed by atoms with Crippen molar-refractivity contribution in [2.45, 2.75) is 12.1 Å². The third-order valence-electron chi connectivity index (χ3n) is 4.03. The first-order chi connectivity index (χ1) is 11.8. The highest BCUT2D eigenvalue weighted by atomic mass is 32.2. The standard InChI is InChI=1S/C20H16N2OS/c1-2-24-20-21-17-12-5-6-13-18(17)22(20)19(23)16-11-7-9-14-8-3-4-10-15(14)16/h3-13H,2H2,1H3. The SMILES string of the molecule is CCSc1nc2ccccc2n1C(=O)c1cccc2ccccc12. The van der Waals surface area contributed by atoms with Crippen molar-refractivity contribution in [3.63, 3.8) is 0 Å². The van der Waals surface area contributed by atoms with Gasteiger partial charge in [-0.3, -0.25) is 9.36 Å². The van der Waals surface area contributed by atoms with Crippen LogP contribution in [0.4, 0.5) is 0 Å². The van der Waals surface area contributed by atoms with Gasteiger partial charge in [-0.15, -0.1) is 0 Å². The molecule has 0 N–H and O–H groups in total. The molecule has 0 amide bonds. The van der Waals surface area contributed by atoms with Crippen molar-refractivity contribution >= 4 is 39.5 Å². The smallest absolute Gasteiger partial charge is 0.265 e. The molecule has 0 aliphatic rings. The van der Waals surface area contributed by atoms with Gasteiger partial charge in [0.2, 0.25) is 0 Å². The minimum absolute atomic E-state index is 0.0311. The maximum Gasteiger partial charge on any atom is 0.265 e. The Bertz CT molecular complexity index is 1050.